The summed E-state index contributed by atoms with van der Waals surface area (Å²) in [6.45, 7) is 4.46. The molecule has 0 spiro atoms. The average Bonchev–Trinajstić information content (AvgIpc) is 2.64. The van der Waals surface area contributed by atoms with E-state index in [0.29, 0.717) is 5.02 Å². The van der Waals surface area contributed by atoms with Gasteiger partial charge in [-0.15, -0.1) is 0 Å². The van der Waals surface area contributed by atoms with E-state index in [2.05, 4.69) is 15.9 Å². The molecule has 0 aliphatic carbocycles. The van der Waals surface area contributed by atoms with E-state index in [0.717, 1.165) is 36.0 Å². The minimum absolute atomic E-state index is 0.200. The number of hydrogen-bond donors (Lipinski definition) is 0. The largest absolute Gasteiger partial charge is 0.455 e. The molecule has 2 aliphatic heterocycles. The first kappa shape index (κ1) is 16.6. The van der Waals surface area contributed by atoms with Crippen molar-refractivity contribution in [2.75, 3.05) is 37.9 Å². The number of fused-ring (bicyclic) bond motifs is 2. The summed E-state index contributed by atoms with van der Waals surface area (Å²) in [5, 5.41) is 0.712. The molecular weight excluding hydrogens is 336 g/mol. The lowest BCUT2D eigenvalue weighted by Crippen LogP contribution is -2.37. The zero-order valence-electron chi connectivity index (χ0n) is 14.3. The topological polar surface area (TPSA) is 24.9 Å². The maximum Gasteiger partial charge on any atom is 0.231 e. The SMILES string of the molecule is Clc1ccc2c(c1)N(CCN1CCCCC1)c1ccccc1OCO2. The molecule has 25 heavy (non-hydrogen) atoms. The van der Waals surface area contributed by atoms with E-state index >= 15 is 0 Å². The zero-order chi connectivity index (χ0) is 17.1. The molecule has 132 valence electrons. The van der Waals surface area contributed by atoms with Gasteiger partial charge < -0.3 is 19.3 Å². The summed E-state index contributed by atoms with van der Waals surface area (Å²) in [5.41, 5.74) is 2.06. The molecule has 2 heterocycles. The van der Waals surface area contributed by atoms with E-state index < -0.39 is 0 Å². The first-order valence-corrected chi connectivity index (χ1v) is 9.33. The van der Waals surface area contributed by atoms with Crippen LogP contribution in [0.25, 0.3) is 0 Å². The van der Waals surface area contributed by atoms with E-state index in [1.807, 2.05) is 36.4 Å². The first-order valence-electron chi connectivity index (χ1n) is 8.95. The highest BCUT2D eigenvalue weighted by atomic mass is 35.5. The van der Waals surface area contributed by atoms with Crippen LogP contribution in [0, 0.1) is 0 Å². The van der Waals surface area contributed by atoms with Crippen molar-refractivity contribution >= 4 is 23.0 Å². The molecule has 0 unspecified atom stereocenters. The van der Waals surface area contributed by atoms with Gasteiger partial charge in [-0.25, -0.2) is 0 Å². The highest BCUT2D eigenvalue weighted by molar-refractivity contribution is 6.31. The average molecular weight is 359 g/mol. The van der Waals surface area contributed by atoms with Crippen LogP contribution in [-0.4, -0.2) is 37.9 Å². The summed E-state index contributed by atoms with van der Waals surface area (Å²) >= 11 is 6.29. The summed E-state index contributed by atoms with van der Waals surface area (Å²) < 4.78 is 11.7. The van der Waals surface area contributed by atoms with Crippen molar-refractivity contribution in [1.82, 2.24) is 4.90 Å². The Balaban J connectivity index is 1.67. The second-order valence-electron chi connectivity index (χ2n) is 6.54. The Morgan fingerprint density at radius 2 is 1.60 bits per heavy atom. The molecule has 4 rings (SSSR count). The molecule has 0 aromatic heterocycles. The van der Waals surface area contributed by atoms with Gasteiger partial charge in [-0.2, -0.15) is 0 Å². The van der Waals surface area contributed by atoms with Crippen molar-refractivity contribution < 1.29 is 9.47 Å². The van der Waals surface area contributed by atoms with Gasteiger partial charge in [0.25, 0.3) is 0 Å². The zero-order valence-corrected chi connectivity index (χ0v) is 15.0. The van der Waals surface area contributed by atoms with Crippen molar-refractivity contribution in [3.8, 4) is 11.5 Å². The van der Waals surface area contributed by atoms with E-state index in [-0.39, 0.29) is 6.79 Å². The summed E-state index contributed by atoms with van der Waals surface area (Å²) in [4.78, 5) is 4.81. The molecule has 0 atom stereocenters. The molecule has 0 radical (unpaired) electrons. The Hall–Kier alpha value is -1.91. The van der Waals surface area contributed by atoms with Crippen LogP contribution in [0.5, 0.6) is 11.5 Å². The third-order valence-electron chi connectivity index (χ3n) is 4.89. The highest BCUT2D eigenvalue weighted by Crippen LogP contribution is 2.41. The fraction of sp³-hybridized carbons (Fsp3) is 0.400. The van der Waals surface area contributed by atoms with Crippen molar-refractivity contribution in [2.45, 2.75) is 19.3 Å². The predicted molar refractivity (Wildman–Crippen MR) is 101 cm³/mol. The number of anilines is 2. The first-order chi connectivity index (χ1) is 12.3. The molecule has 0 amide bonds. The molecule has 1 saturated heterocycles. The summed E-state index contributed by atoms with van der Waals surface area (Å²) in [6, 6.07) is 13.9. The lowest BCUT2D eigenvalue weighted by Gasteiger charge is -2.34. The minimum Gasteiger partial charge on any atom is -0.455 e. The van der Waals surface area contributed by atoms with Gasteiger partial charge in [-0.05, 0) is 56.3 Å². The third kappa shape index (κ3) is 3.70. The van der Waals surface area contributed by atoms with Gasteiger partial charge >= 0.3 is 0 Å². The number of ether oxygens (including phenoxy) is 2. The van der Waals surface area contributed by atoms with Crippen LogP contribution in [0.4, 0.5) is 11.4 Å². The number of benzene rings is 2. The number of nitrogens with zero attached hydrogens (tertiary/aromatic N) is 2. The molecule has 1 fully saturated rings. The fourth-order valence-electron chi connectivity index (χ4n) is 3.58. The Morgan fingerprint density at radius 1 is 0.840 bits per heavy atom. The van der Waals surface area contributed by atoms with Crippen LogP contribution < -0.4 is 14.4 Å². The summed E-state index contributed by atoms with van der Waals surface area (Å²) in [7, 11) is 0. The molecule has 2 aliphatic rings. The molecule has 2 aromatic rings. The molecule has 4 nitrogen and oxygen atoms in total. The minimum atomic E-state index is 0.200. The maximum absolute atomic E-state index is 6.29. The molecule has 5 heteroatoms. The second kappa shape index (κ2) is 7.54. The smallest absolute Gasteiger partial charge is 0.231 e. The Bertz CT molecular complexity index is 731. The number of halogens is 1. The van der Waals surface area contributed by atoms with Crippen LogP contribution >= 0.6 is 11.6 Å². The predicted octanol–water partition coefficient (Wildman–Crippen LogP) is 4.69. The maximum atomic E-state index is 6.29. The lowest BCUT2D eigenvalue weighted by atomic mass is 10.1. The number of piperidine rings is 1. The van der Waals surface area contributed by atoms with Gasteiger partial charge in [0.1, 0.15) is 11.5 Å². The quantitative estimate of drug-likeness (QED) is 0.794. The van der Waals surface area contributed by atoms with Crippen molar-refractivity contribution in [1.29, 1.82) is 0 Å². The van der Waals surface area contributed by atoms with Crippen molar-refractivity contribution in [3.63, 3.8) is 0 Å². The van der Waals surface area contributed by atoms with Gasteiger partial charge in [-0.1, -0.05) is 30.2 Å². The van der Waals surface area contributed by atoms with E-state index in [4.69, 9.17) is 21.1 Å². The highest BCUT2D eigenvalue weighted by Gasteiger charge is 2.22. The number of rotatable bonds is 3. The van der Waals surface area contributed by atoms with Gasteiger partial charge in [0.2, 0.25) is 6.79 Å². The Morgan fingerprint density at radius 3 is 2.44 bits per heavy atom. The molecular formula is C20H23ClN2O2. The van der Waals surface area contributed by atoms with E-state index in [1.54, 1.807) is 0 Å². The standard InChI is InChI=1S/C20H23ClN2O2/c21-16-8-9-20-18(14-16)23(13-12-22-10-4-1-5-11-22)17-6-2-3-7-19(17)24-15-25-20/h2-3,6-9,14H,1,4-5,10-13,15H2. The number of likely N-dealkylation sites (tertiary alicyclic amines) is 1. The van der Waals surface area contributed by atoms with Crippen LogP contribution in [0.1, 0.15) is 19.3 Å². The van der Waals surface area contributed by atoms with Gasteiger partial charge in [0.15, 0.2) is 0 Å². The van der Waals surface area contributed by atoms with Gasteiger partial charge in [0, 0.05) is 18.1 Å². The van der Waals surface area contributed by atoms with Crippen LogP contribution in [-0.2, 0) is 0 Å². The second-order valence-corrected chi connectivity index (χ2v) is 6.98. The molecule has 2 aromatic carbocycles. The number of para-hydroxylation sites is 2. The molecule has 0 N–H and O–H groups in total. The van der Waals surface area contributed by atoms with E-state index in [9.17, 15) is 0 Å². The van der Waals surface area contributed by atoms with Crippen LogP contribution in [0.15, 0.2) is 42.5 Å². The van der Waals surface area contributed by atoms with Crippen molar-refractivity contribution in [2.24, 2.45) is 0 Å². The van der Waals surface area contributed by atoms with Crippen LogP contribution in [0.2, 0.25) is 5.02 Å². The Kier molecular flexibility index (Phi) is 4.99. The molecule has 0 saturated carbocycles. The summed E-state index contributed by atoms with van der Waals surface area (Å²) in [5.74, 6) is 1.64. The third-order valence-corrected chi connectivity index (χ3v) is 5.12. The Labute approximate surface area is 153 Å². The van der Waals surface area contributed by atoms with Crippen molar-refractivity contribution in [3.05, 3.63) is 47.5 Å². The molecule has 0 bridgehead atoms. The van der Waals surface area contributed by atoms with Crippen LogP contribution in [0.3, 0.4) is 0 Å². The van der Waals surface area contributed by atoms with Gasteiger partial charge in [0.05, 0.1) is 11.4 Å². The fourth-order valence-corrected chi connectivity index (χ4v) is 3.74. The van der Waals surface area contributed by atoms with E-state index in [1.165, 1.54) is 32.4 Å². The normalized spacial score (nSPS) is 17.6. The number of hydrogen-bond acceptors (Lipinski definition) is 4. The monoisotopic (exact) mass is 358 g/mol. The summed E-state index contributed by atoms with van der Waals surface area (Å²) in [6.07, 6.45) is 3.94. The lowest BCUT2D eigenvalue weighted by molar-refractivity contribution is 0.118. The van der Waals surface area contributed by atoms with Gasteiger partial charge in [-0.3, -0.25) is 0 Å².